The normalized spacial score (nSPS) is 12.6. The monoisotopic (exact) mass is 979 g/mol. The quantitative estimate of drug-likeness (QED) is 0.141. The largest absolute Gasteiger partial charge is 0.457 e. The minimum Gasteiger partial charge on any atom is -0.457 e. The Kier molecular flexibility index (Phi) is 10.5. The predicted octanol–water partition coefficient (Wildman–Crippen LogP) is 20.3. The van der Waals surface area contributed by atoms with Crippen LogP contribution in [0.5, 0.6) is 11.5 Å². The average molecular weight is 980 g/mol. The number of anilines is 3. The van der Waals surface area contributed by atoms with Crippen molar-refractivity contribution in [1.82, 2.24) is 0 Å². The van der Waals surface area contributed by atoms with Crippen LogP contribution >= 0.6 is 0 Å². The van der Waals surface area contributed by atoms with E-state index in [1.54, 1.807) is 0 Å². The van der Waals surface area contributed by atoms with E-state index < -0.39 is 5.41 Å². The highest BCUT2D eigenvalue weighted by molar-refractivity contribution is 6.08. The molecule has 0 saturated carbocycles. The molecule has 2 heteroatoms. The SMILES string of the molecule is c1ccc(-c2ccccc2-c2ccccc2-c2ccccc2N(c2ccc(-c3ccc4c(c3)C3(c5ccccc5Oc5ccccc53)c3ccccc3-4)cc2)c2ccc(-c3ccc4c(ccc5ccccc54)c3)cc2)cc1. The standard InChI is InChI=1S/C75H49NO/c1-2-18-52(19-3-1)60-22-6-7-23-62(60)63-24-8-9-25-64(63)67-27-11-15-31-72(67)76(57-42-36-50(37-43-57)54-40-46-61-56(48-54)35-34-53-20-4-5-21-59(53)61)58-44-38-51(39-45-58)55-41-47-66-65-26-10-12-28-68(65)75(71(66)49-55)69-29-13-16-32-73(69)77-74-33-17-14-30-70(74)75/h1-49H. The molecule has 1 spiro atoms. The molecule has 0 aromatic heterocycles. The van der Waals surface area contributed by atoms with Gasteiger partial charge in [0.1, 0.15) is 11.5 Å². The average Bonchev–Trinajstić information content (AvgIpc) is 3.80. The molecule has 15 rings (SSSR count). The lowest BCUT2D eigenvalue weighted by molar-refractivity contribution is 0.436. The second kappa shape index (κ2) is 18.1. The fourth-order valence-electron chi connectivity index (χ4n) is 12.7. The Hall–Kier alpha value is -10.0. The number of para-hydroxylation sites is 3. The van der Waals surface area contributed by atoms with Crippen molar-refractivity contribution in [2.24, 2.45) is 0 Å². The van der Waals surface area contributed by atoms with E-state index in [0.717, 1.165) is 61.9 Å². The molecule has 1 aliphatic carbocycles. The Morgan fingerprint density at radius 3 is 1.39 bits per heavy atom. The number of hydrogen-bond donors (Lipinski definition) is 0. The minimum absolute atomic E-state index is 0.543. The Labute approximate surface area is 449 Å². The third-order valence-electron chi connectivity index (χ3n) is 16.2. The Balaban J connectivity index is 0.869. The van der Waals surface area contributed by atoms with Crippen LogP contribution < -0.4 is 9.64 Å². The molecule has 0 saturated heterocycles. The summed E-state index contributed by atoms with van der Waals surface area (Å²) < 4.78 is 6.66. The lowest BCUT2D eigenvalue weighted by Gasteiger charge is -2.39. The molecule has 2 aliphatic rings. The summed E-state index contributed by atoms with van der Waals surface area (Å²) in [5.74, 6) is 1.79. The maximum absolute atomic E-state index is 6.66. The van der Waals surface area contributed by atoms with Gasteiger partial charge in [0.15, 0.2) is 0 Å². The van der Waals surface area contributed by atoms with Gasteiger partial charge in [-0.05, 0) is 148 Å². The van der Waals surface area contributed by atoms with E-state index in [4.69, 9.17) is 4.74 Å². The zero-order valence-electron chi connectivity index (χ0n) is 42.1. The zero-order valence-corrected chi connectivity index (χ0v) is 42.1. The first-order chi connectivity index (χ1) is 38.2. The predicted molar refractivity (Wildman–Crippen MR) is 321 cm³/mol. The molecule has 1 aliphatic heterocycles. The molecule has 0 atom stereocenters. The van der Waals surface area contributed by atoms with Gasteiger partial charge in [-0.25, -0.2) is 0 Å². The first-order valence-electron chi connectivity index (χ1n) is 26.6. The molecule has 77 heavy (non-hydrogen) atoms. The van der Waals surface area contributed by atoms with Crippen molar-refractivity contribution in [2.75, 3.05) is 4.90 Å². The lowest BCUT2D eigenvalue weighted by atomic mass is 9.66. The molecule has 0 fully saturated rings. The van der Waals surface area contributed by atoms with Crippen molar-refractivity contribution in [3.63, 3.8) is 0 Å². The molecule has 0 bridgehead atoms. The second-order valence-corrected chi connectivity index (χ2v) is 20.3. The van der Waals surface area contributed by atoms with E-state index in [-0.39, 0.29) is 0 Å². The summed E-state index contributed by atoms with van der Waals surface area (Å²) in [5.41, 5.74) is 21.8. The highest BCUT2D eigenvalue weighted by Gasteiger charge is 2.51. The molecular formula is C75H49NO. The van der Waals surface area contributed by atoms with Gasteiger partial charge in [0.05, 0.1) is 11.1 Å². The van der Waals surface area contributed by atoms with Gasteiger partial charge >= 0.3 is 0 Å². The Bertz CT molecular complexity index is 4370. The van der Waals surface area contributed by atoms with Gasteiger partial charge in [-0.3, -0.25) is 0 Å². The van der Waals surface area contributed by atoms with Gasteiger partial charge in [0, 0.05) is 28.1 Å². The fourth-order valence-corrected chi connectivity index (χ4v) is 12.7. The van der Waals surface area contributed by atoms with E-state index in [1.165, 1.54) is 77.2 Å². The van der Waals surface area contributed by atoms with Crippen LogP contribution in [0.2, 0.25) is 0 Å². The van der Waals surface area contributed by atoms with Crippen LogP contribution in [0.15, 0.2) is 297 Å². The molecule has 1 heterocycles. The fraction of sp³-hybridized carbons (Fsp3) is 0.0133. The van der Waals surface area contributed by atoms with Gasteiger partial charge in [-0.2, -0.15) is 0 Å². The zero-order chi connectivity index (χ0) is 50.9. The van der Waals surface area contributed by atoms with Gasteiger partial charge < -0.3 is 9.64 Å². The third kappa shape index (κ3) is 7.18. The van der Waals surface area contributed by atoms with E-state index in [1.807, 2.05) is 0 Å². The third-order valence-corrected chi connectivity index (χ3v) is 16.2. The van der Waals surface area contributed by atoms with Gasteiger partial charge in [-0.1, -0.05) is 243 Å². The number of rotatable bonds is 8. The van der Waals surface area contributed by atoms with Crippen molar-refractivity contribution >= 4 is 38.6 Å². The van der Waals surface area contributed by atoms with Crippen LogP contribution in [0, 0.1) is 0 Å². The first kappa shape index (κ1) is 44.5. The summed E-state index contributed by atoms with van der Waals surface area (Å²) in [6.45, 7) is 0. The molecule has 13 aromatic carbocycles. The van der Waals surface area contributed by atoms with Crippen molar-refractivity contribution in [3.05, 3.63) is 320 Å². The first-order valence-corrected chi connectivity index (χ1v) is 26.6. The summed E-state index contributed by atoms with van der Waals surface area (Å²) in [6.07, 6.45) is 0. The van der Waals surface area contributed by atoms with Crippen LogP contribution in [0.4, 0.5) is 17.1 Å². The highest BCUT2D eigenvalue weighted by Crippen LogP contribution is 2.62. The summed E-state index contributed by atoms with van der Waals surface area (Å²) in [7, 11) is 0. The molecule has 0 amide bonds. The Morgan fingerprint density at radius 2 is 0.701 bits per heavy atom. The molecule has 0 radical (unpaired) electrons. The maximum atomic E-state index is 6.66. The van der Waals surface area contributed by atoms with E-state index in [2.05, 4.69) is 302 Å². The highest BCUT2D eigenvalue weighted by atomic mass is 16.5. The Morgan fingerprint density at radius 1 is 0.247 bits per heavy atom. The number of nitrogens with zero attached hydrogens (tertiary/aromatic N) is 1. The van der Waals surface area contributed by atoms with Crippen LogP contribution in [-0.4, -0.2) is 0 Å². The molecule has 13 aromatic rings. The summed E-state index contributed by atoms with van der Waals surface area (Å²) in [4.78, 5) is 2.43. The summed E-state index contributed by atoms with van der Waals surface area (Å²) in [5, 5.41) is 5.04. The van der Waals surface area contributed by atoms with Crippen LogP contribution in [0.3, 0.4) is 0 Å². The molecule has 0 N–H and O–H groups in total. The van der Waals surface area contributed by atoms with E-state index in [0.29, 0.717) is 0 Å². The van der Waals surface area contributed by atoms with Crippen molar-refractivity contribution < 1.29 is 4.74 Å². The van der Waals surface area contributed by atoms with Crippen LogP contribution in [-0.2, 0) is 5.41 Å². The maximum Gasteiger partial charge on any atom is 0.132 e. The number of fused-ring (bicyclic) bond motifs is 12. The topological polar surface area (TPSA) is 12.5 Å². The molecule has 0 unspecified atom stereocenters. The second-order valence-electron chi connectivity index (χ2n) is 20.3. The number of hydrogen-bond acceptors (Lipinski definition) is 2. The summed E-state index contributed by atoms with van der Waals surface area (Å²) in [6, 6.07) is 109. The number of ether oxygens (including phenoxy) is 1. The van der Waals surface area contributed by atoms with Crippen LogP contribution in [0.1, 0.15) is 22.3 Å². The molecule has 360 valence electrons. The molecule has 2 nitrogen and oxygen atoms in total. The summed E-state index contributed by atoms with van der Waals surface area (Å²) >= 11 is 0. The lowest BCUT2D eigenvalue weighted by Crippen LogP contribution is -2.32. The number of benzene rings is 13. The van der Waals surface area contributed by atoms with Crippen molar-refractivity contribution in [2.45, 2.75) is 5.41 Å². The van der Waals surface area contributed by atoms with Gasteiger partial charge in [-0.15, -0.1) is 0 Å². The van der Waals surface area contributed by atoms with Gasteiger partial charge in [0.25, 0.3) is 0 Å². The smallest absolute Gasteiger partial charge is 0.132 e. The van der Waals surface area contributed by atoms with Gasteiger partial charge in [0.2, 0.25) is 0 Å². The van der Waals surface area contributed by atoms with Crippen molar-refractivity contribution in [1.29, 1.82) is 0 Å². The molecular weight excluding hydrogens is 931 g/mol. The minimum atomic E-state index is -0.543. The van der Waals surface area contributed by atoms with Crippen LogP contribution in [0.25, 0.3) is 88.3 Å². The van der Waals surface area contributed by atoms with E-state index in [9.17, 15) is 0 Å². The van der Waals surface area contributed by atoms with Crippen molar-refractivity contribution in [3.8, 4) is 78.3 Å². The van der Waals surface area contributed by atoms with E-state index >= 15 is 0 Å².